The van der Waals surface area contributed by atoms with Gasteiger partial charge in [-0.05, 0) is 30.2 Å². The average Bonchev–Trinajstić information content (AvgIpc) is 2.32. The average molecular weight is 289 g/mol. The van der Waals surface area contributed by atoms with Gasteiger partial charge in [-0.3, -0.25) is 14.9 Å². The van der Waals surface area contributed by atoms with E-state index in [1.165, 1.54) is 0 Å². The topological polar surface area (TPSA) is 46.2 Å². The molecule has 1 heterocycles. The highest BCUT2D eigenvalue weighted by Gasteiger charge is 2.36. The molecule has 2 amide bonds. The van der Waals surface area contributed by atoms with Gasteiger partial charge in [0.15, 0.2) is 0 Å². The number of amides is 2. The van der Waals surface area contributed by atoms with Crippen molar-refractivity contribution < 1.29 is 27.2 Å². The highest BCUT2D eigenvalue weighted by molar-refractivity contribution is 6.01. The molecule has 0 spiro atoms. The Morgan fingerprint density at radius 2 is 1.80 bits per heavy atom. The number of carbonyl (C=O) groups excluding carboxylic acids is 2. The van der Waals surface area contributed by atoms with Gasteiger partial charge in [-0.25, -0.2) is 4.39 Å². The van der Waals surface area contributed by atoms with Gasteiger partial charge in [-0.15, -0.1) is 0 Å². The smallest absolute Gasteiger partial charge is 0.296 e. The molecule has 1 N–H and O–H groups in total. The number of halogens is 4. The third kappa shape index (κ3) is 2.81. The maximum Gasteiger partial charge on any atom is 0.416 e. The number of piperidine rings is 1. The van der Waals surface area contributed by atoms with Crippen LogP contribution in [-0.4, -0.2) is 11.8 Å². The zero-order chi connectivity index (χ0) is 15.1. The molecule has 3 nitrogen and oxygen atoms in total. The van der Waals surface area contributed by atoms with Crippen LogP contribution in [0.1, 0.15) is 30.4 Å². The summed E-state index contributed by atoms with van der Waals surface area (Å²) in [5.41, 5.74) is -1.22. The lowest BCUT2D eigenvalue weighted by Gasteiger charge is -2.26. The Bertz CT molecular complexity index is 568. The molecule has 20 heavy (non-hydrogen) atoms. The Morgan fingerprint density at radius 1 is 1.15 bits per heavy atom. The van der Waals surface area contributed by atoms with Gasteiger partial charge >= 0.3 is 6.18 Å². The second-order valence-corrected chi connectivity index (χ2v) is 4.81. The van der Waals surface area contributed by atoms with E-state index < -0.39 is 41.2 Å². The molecular weight excluding hydrogens is 278 g/mol. The molecule has 0 unspecified atom stereocenters. The first-order chi connectivity index (χ1) is 9.18. The minimum atomic E-state index is -4.69. The lowest BCUT2D eigenvalue weighted by molar-refractivity contribution is -0.139. The number of rotatable bonds is 1. The zero-order valence-electron chi connectivity index (χ0n) is 10.4. The first-order valence-corrected chi connectivity index (χ1v) is 5.91. The van der Waals surface area contributed by atoms with Gasteiger partial charge in [0.1, 0.15) is 5.82 Å². The maximum atomic E-state index is 13.3. The summed E-state index contributed by atoms with van der Waals surface area (Å²) in [6.07, 6.45) is -4.63. The molecule has 7 heteroatoms. The van der Waals surface area contributed by atoms with Crippen molar-refractivity contribution in [3.05, 3.63) is 35.1 Å². The van der Waals surface area contributed by atoms with E-state index in [0.717, 1.165) is 12.1 Å². The van der Waals surface area contributed by atoms with Crippen LogP contribution in [0.2, 0.25) is 0 Å². The van der Waals surface area contributed by atoms with Crippen molar-refractivity contribution in [1.29, 1.82) is 0 Å². The van der Waals surface area contributed by atoms with E-state index in [1.807, 2.05) is 0 Å². The Hall–Kier alpha value is -1.92. The predicted molar refractivity (Wildman–Crippen MR) is 61.1 cm³/mol. The van der Waals surface area contributed by atoms with Gasteiger partial charge in [0.25, 0.3) is 0 Å². The Balaban J connectivity index is 2.40. The van der Waals surface area contributed by atoms with Gasteiger partial charge in [0, 0.05) is 5.92 Å². The van der Waals surface area contributed by atoms with Crippen molar-refractivity contribution >= 4 is 11.8 Å². The minimum Gasteiger partial charge on any atom is -0.296 e. The van der Waals surface area contributed by atoms with Crippen LogP contribution in [0, 0.1) is 11.7 Å². The number of nitrogens with one attached hydrogen (secondary N) is 1. The summed E-state index contributed by atoms with van der Waals surface area (Å²) in [6, 6.07) is 2.01. The molecule has 1 aliphatic heterocycles. The third-order valence-corrected chi connectivity index (χ3v) is 3.25. The Morgan fingerprint density at radius 3 is 2.40 bits per heavy atom. The molecule has 1 aromatic rings. The lowest BCUT2D eigenvalue weighted by atomic mass is 9.84. The SMILES string of the molecule is C[C@@H]1C[C@H](c2cc(F)cc(C(F)(F)F)c2)C(=O)NC1=O. The van der Waals surface area contributed by atoms with Crippen molar-refractivity contribution in [3.63, 3.8) is 0 Å². The molecule has 1 aromatic carbocycles. The van der Waals surface area contributed by atoms with Gasteiger partial charge in [-0.1, -0.05) is 6.92 Å². The van der Waals surface area contributed by atoms with E-state index in [4.69, 9.17) is 0 Å². The van der Waals surface area contributed by atoms with Crippen LogP contribution in [0.4, 0.5) is 17.6 Å². The fourth-order valence-electron chi connectivity index (χ4n) is 2.16. The minimum absolute atomic E-state index is 0.0609. The third-order valence-electron chi connectivity index (χ3n) is 3.25. The molecular formula is C13H11F4NO2. The Labute approximate surface area is 112 Å². The van der Waals surface area contributed by atoms with Gasteiger partial charge in [0.05, 0.1) is 11.5 Å². The van der Waals surface area contributed by atoms with E-state index in [0.29, 0.717) is 6.07 Å². The van der Waals surface area contributed by atoms with E-state index in [2.05, 4.69) is 5.32 Å². The quantitative estimate of drug-likeness (QED) is 0.638. The standard InChI is InChI=1S/C13H11F4NO2/c1-6-2-10(12(20)18-11(6)19)7-3-8(13(15,16)17)5-9(14)4-7/h3-6,10H,2H2,1H3,(H,18,19,20)/t6-,10-/m1/s1. The summed E-state index contributed by atoms with van der Waals surface area (Å²) < 4.78 is 51.2. The highest BCUT2D eigenvalue weighted by Crippen LogP contribution is 2.34. The largest absolute Gasteiger partial charge is 0.416 e. The van der Waals surface area contributed by atoms with Gasteiger partial charge in [-0.2, -0.15) is 13.2 Å². The predicted octanol–water partition coefficient (Wildman–Crippen LogP) is 2.61. The van der Waals surface area contributed by atoms with Crippen LogP contribution in [0.25, 0.3) is 0 Å². The summed E-state index contributed by atoms with van der Waals surface area (Å²) in [6.45, 7) is 1.55. The van der Waals surface area contributed by atoms with Crippen LogP contribution in [-0.2, 0) is 15.8 Å². The number of benzene rings is 1. The molecule has 0 aliphatic carbocycles. The molecule has 0 aromatic heterocycles. The summed E-state index contributed by atoms with van der Waals surface area (Å²) in [5.74, 6) is -3.72. The fraction of sp³-hybridized carbons (Fsp3) is 0.385. The van der Waals surface area contributed by atoms with Gasteiger partial charge < -0.3 is 0 Å². The zero-order valence-corrected chi connectivity index (χ0v) is 10.4. The van der Waals surface area contributed by atoms with E-state index >= 15 is 0 Å². The first kappa shape index (κ1) is 14.5. The fourth-order valence-corrected chi connectivity index (χ4v) is 2.16. The normalized spacial score (nSPS) is 23.6. The van der Waals surface area contributed by atoms with Crippen molar-refractivity contribution in [3.8, 4) is 0 Å². The summed E-state index contributed by atoms with van der Waals surface area (Å²) in [5, 5.41) is 2.07. The number of alkyl halides is 3. The number of imide groups is 1. The lowest BCUT2D eigenvalue weighted by Crippen LogP contribution is -2.44. The monoisotopic (exact) mass is 289 g/mol. The molecule has 0 radical (unpaired) electrons. The Kier molecular flexibility index (Phi) is 3.54. The first-order valence-electron chi connectivity index (χ1n) is 5.91. The molecule has 2 atom stereocenters. The molecule has 1 aliphatic rings. The second kappa shape index (κ2) is 4.88. The molecule has 2 rings (SSSR count). The number of hydrogen-bond donors (Lipinski definition) is 1. The van der Waals surface area contributed by atoms with E-state index in [-0.39, 0.29) is 12.0 Å². The van der Waals surface area contributed by atoms with Crippen molar-refractivity contribution in [2.45, 2.75) is 25.4 Å². The van der Waals surface area contributed by atoms with E-state index in [1.54, 1.807) is 6.92 Å². The van der Waals surface area contributed by atoms with Crippen molar-refractivity contribution in [2.75, 3.05) is 0 Å². The molecule has 108 valence electrons. The van der Waals surface area contributed by atoms with Gasteiger partial charge in [0.2, 0.25) is 11.8 Å². The summed E-state index contributed by atoms with van der Waals surface area (Å²) in [4.78, 5) is 23.0. The molecule has 0 bridgehead atoms. The van der Waals surface area contributed by atoms with Crippen LogP contribution in [0.5, 0.6) is 0 Å². The van der Waals surface area contributed by atoms with Crippen LogP contribution < -0.4 is 5.32 Å². The molecule has 1 fully saturated rings. The summed E-state index contributed by atoms with van der Waals surface area (Å²) >= 11 is 0. The summed E-state index contributed by atoms with van der Waals surface area (Å²) in [7, 11) is 0. The van der Waals surface area contributed by atoms with E-state index in [9.17, 15) is 27.2 Å². The van der Waals surface area contributed by atoms with Crippen LogP contribution >= 0.6 is 0 Å². The van der Waals surface area contributed by atoms with Crippen LogP contribution in [0.15, 0.2) is 18.2 Å². The van der Waals surface area contributed by atoms with Crippen molar-refractivity contribution in [1.82, 2.24) is 5.32 Å². The van der Waals surface area contributed by atoms with Crippen LogP contribution in [0.3, 0.4) is 0 Å². The molecule has 0 saturated carbocycles. The maximum absolute atomic E-state index is 13.3. The number of hydrogen-bond acceptors (Lipinski definition) is 2. The highest BCUT2D eigenvalue weighted by atomic mass is 19.4. The number of carbonyl (C=O) groups is 2. The van der Waals surface area contributed by atoms with Crippen molar-refractivity contribution in [2.24, 2.45) is 5.92 Å². The second-order valence-electron chi connectivity index (χ2n) is 4.81. The molecule has 1 saturated heterocycles.